The number of pyridine rings is 2. The first-order valence-corrected chi connectivity index (χ1v) is 21.8. The van der Waals surface area contributed by atoms with Gasteiger partial charge in [0.05, 0.1) is 30.0 Å². The Labute approximate surface area is 346 Å². The number of imidazole rings is 1. The number of nitrogens with one attached hydrogen (secondary N) is 3. The number of hydrogen-bond donors (Lipinski definition) is 3. The molecule has 3 aromatic heterocycles. The maximum absolute atomic E-state index is 15.6. The van der Waals surface area contributed by atoms with E-state index in [9.17, 15) is 18.0 Å². The molecular formula is C43H43FN8O5S2. The van der Waals surface area contributed by atoms with Gasteiger partial charge in [-0.1, -0.05) is 42.5 Å². The molecule has 1 fully saturated rings. The van der Waals surface area contributed by atoms with E-state index < -0.39 is 26.6 Å². The Morgan fingerprint density at radius 3 is 2.51 bits per heavy atom. The van der Waals surface area contributed by atoms with Crippen LogP contribution in [-0.4, -0.2) is 90.7 Å². The third-order valence-corrected chi connectivity index (χ3v) is 12.8. The first-order valence-electron chi connectivity index (χ1n) is 19.4. The summed E-state index contributed by atoms with van der Waals surface area (Å²) in [5, 5.41) is 6.20. The number of amides is 2. The van der Waals surface area contributed by atoms with Gasteiger partial charge in [0.15, 0.2) is 5.82 Å². The predicted octanol–water partition coefficient (Wildman–Crippen LogP) is 6.10. The zero-order valence-corrected chi connectivity index (χ0v) is 33.7. The Bertz CT molecular complexity index is 2540. The first-order chi connectivity index (χ1) is 28.7. The number of sulfonamides is 1. The van der Waals surface area contributed by atoms with Crippen LogP contribution in [0.5, 0.6) is 0 Å². The normalized spacial score (nSPS) is 15.0. The number of benzene rings is 3. The van der Waals surface area contributed by atoms with Gasteiger partial charge >= 0.3 is 0 Å². The van der Waals surface area contributed by atoms with Crippen LogP contribution < -0.4 is 20.3 Å². The van der Waals surface area contributed by atoms with Crippen molar-refractivity contribution in [2.75, 3.05) is 60.7 Å². The lowest BCUT2D eigenvalue weighted by Gasteiger charge is -2.31. The maximum Gasteiger partial charge on any atom is 0.283 e. The van der Waals surface area contributed by atoms with Gasteiger partial charge in [-0.15, -0.1) is 11.8 Å². The number of thioether (sulfide) groups is 1. The smallest absolute Gasteiger partial charge is 0.283 e. The van der Waals surface area contributed by atoms with Gasteiger partial charge in [0.2, 0.25) is 0 Å². The van der Waals surface area contributed by atoms with Crippen molar-refractivity contribution in [3.05, 3.63) is 144 Å². The van der Waals surface area contributed by atoms with Crippen LogP contribution in [0.3, 0.4) is 0 Å². The summed E-state index contributed by atoms with van der Waals surface area (Å²) in [6.45, 7) is 4.73. The predicted molar refractivity (Wildman–Crippen MR) is 226 cm³/mol. The van der Waals surface area contributed by atoms with Crippen molar-refractivity contribution >= 4 is 56.6 Å². The van der Waals surface area contributed by atoms with Crippen molar-refractivity contribution in [1.29, 1.82) is 0 Å². The van der Waals surface area contributed by atoms with E-state index in [1.54, 1.807) is 36.2 Å². The lowest BCUT2D eigenvalue weighted by atomic mass is 9.94. The Kier molecular flexibility index (Phi) is 12.2. The van der Waals surface area contributed by atoms with Gasteiger partial charge in [0, 0.05) is 61.2 Å². The molecule has 1 atom stereocenters. The largest absolute Gasteiger partial charge is 0.379 e. The van der Waals surface area contributed by atoms with Crippen LogP contribution in [0, 0.1) is 5.82 Å². The number of halogens is 1. The van der Waals surface area contributed by atoms with E-state index in [0.717, 1.165) is 48.1 Å². The lowest BCUT2D eigenvalue weighted by molar-refractivity contribution is 0.0370. The molecule has 2 amide bonds. The lowest BCUT2D eigenvalue weighted by Crippen LogP contribution is -2.39. The molecular weight excluding hydrogens is 792 g/mol. The number of carbonyl (C=O) groups excluding carboxylic acids is 2. The number of aromatic nitrogens is 3. The summed E-state index contributed by atoms with van der Waals surface area (Å²) in [5.41, 5.74) is 3.08. The Morgan fingerprint density at radius 2 is 1.69 bits per heavy atom. The Morgan fingerprint density at radius 1 is 0.881 bits per heavy atom. The van der Waals surface area contributed by atoms with Gasteiger partial charge in [-0.2, -0.15) is 0 Å². The minimum absolute atomic E-state index is 0.113. The molecule has 16 heteroatoms. The highest BCUT2D eigenvalue weighted by atomic mass is 32.2. The van der Waals surface area contributed by atoms with E-state index in [1.807, 2.05) is 76.2 Å². The molecule has 59 heavy (non-hydrogen) atoms. The highest BCUT2D eigenvalue weighted by molar-refractivity contribution is 7.99. The van der Waals surface area contributed by atoms with Crippen LogP contribution in [0.15, 0.2) is 125 Å². The standard InChI is InChI=1S/C43H43FN8O5S2/c44-36-26-33(15-16-37(36)45-31(18-20-50-22-24-57-25-23-50)29-58-32-9-2-1-3-10-32)59(55,56)49-43(54)38-12-7-14-40(46-38)52-21-17-30-8-6-11-34(35(30)27-52)42(53)48-39-28-51-19-5-4-13-41(51)47-39/h1-16,19,26,28,31,45H,17-18,20-25,27,29H2,(H,48,53)(H,49,54)/t31-/m1/s1. The summed E-state index contributed by atoms with van der Waals surface area (Å²) in [7, 11) is -4.47. The number of ether oxygens (including phenoxy) is 1. The summed E-state index contributed by atoms with van der Waals surface area (Å²) in [6, 6.07) is 29.4. The fourth-order valence-corrected chi connectivity index (χ4v) is 9.17. The van der Waals surface area contributed by atoms with E-state index in [0.29, 0.717) is 61.3 Å². The highest BCUT2D eigenvalue weighted by Crippen LogP contribution is 2.28. The van der Waals surface area contributed by atoms with Gasteiger partial charge in [-0.3, -0.25) is 14.5 Å². The molecule has 0 unspecified atom stereocenters. The minimum Gasteiger partial charge on any atom is -0.379 e. The number of hydrogen-bond acceptors (Lipinski definition) is 11. The second-order valence-corrected chi connectivity index (χ2v) is 17.1. The average molecular weight is 835 g/mol. The number of nitrogens with zero attached hydrogens (tertiary/aromatic N) is 5. The third-order valence-electron chi connectivity index (χ3n) is 10.3. The van der Waals surface area contributed by atoms with E-state index >= 15 is 4.39 Å². The minimum atomic E-state index is -4.47. The summed E-state index contributed by atoms with van der Waals surface area (Å²) < 4.78 is 51.8. The SMILES string of the molecule is O=C(NS(=O)(=O)c1ccc(N[C@H](CCN2CCOCC2)CSc2ccccc2)c(F)c1)c1cccc(N2CCc3cccc(C(=O)Nc4cn5ccccc5n4)c3C2)n1. The van der Waals surface area contributed by atoms with Gasteiger partial charge in [-0.25, -0.2) is 27.5 Å². The van der Waals surface area contributed by atoms with Crippen LogP contribution in [-0.2, 0) is 27.7 Å². The molecule has 304 valence electrons. The van der Waals surface area contributed by atoms with Crippen molar-refractivity contribution < 1.29 is 27.1 Å². The molecule has 8 rings (SSSR count). The topological polar surface area (TPSA) is 150 Å². The summed E-state index contributed by atoms with van der Waals surface area (Å²) in [5.74, 6) is -0.482. The Balaban J connectivity index is 0.922. The first kappa shape index (κ1) is 40.0. The zero-order valence-electron chi connectivity index (χ0n) is 32.1. The molecule has 0 radical (unpaired) electrons. The second-order valence-electron chi connectivity index (χ2n) is 14.3. The second kappa shape index (κ2) is 18.0. The summed E-state index contributed by atoms with van der Waals surface area (Å²) >= 11 is 1.66. The van der Waals surface area contributed by atoms with Gasteiger partial charge in [0.25, 0.3) is 21.8 Å². The van der Waals surface area contributed by atoms with Crippen LogP contribution in [0.2, 0.25) is 0 Å². The summed E-state index contributed by atoms with van der Waals surface area (Å²) in [4.78, 5) is 40.8. The molecule has 0 bridgehead atoms. The van der Waals surface area contributed by atoms with E-state index in [1.165, 1.54) is 18.2 Å². The molecule has 0 saturated carbocycles. The molecule has 3 N–H and O–H groups in total. The van der Waals surface area contributed by atoms with Crippen molar-refractivity contribution in [2.24, 2.45) is 0 Å². The molecule has 3 aromatic carbocycles. The number of fused-ring (bicyclic) bond motifs is 2. The van der Waals surface area contributed by atoms with Crippen LogP contribution in [0.1, 0.15) is 38.4 Å². The molecule has 6 aromatic rings. The molecule has 2 aliphatic heterocycles. The number of morpholine rings is 1. The quantitative estimate of drug-likeness (QED) is 0.109. The average Bonchev–Trinajstić information content (AvgIpc) is 3.67. The fourth-order valence-electron chi connectivity index (χ4n) is 7.20. The van der Waals surface area contributed by atoms with E-state index in [2.05, 4.69) is 30.2 Å². The zero-order chi connectivity index (χ0) is 40.8. The number of anilines is 3. The van der Waals surface area contributed by atoms with Crippen molar-refractivity contribution in [1.82, 2.24) is 24.0 Å². The van der Waals surface area contributed by atoms with Gasteiger partial charge in [0.1, 0.15) is 23.0 Å². The fraction of sp³-hybridized carbons (Fsp3) is 0.256. The third kappa shape index (κ3) is 9.74. The molecule has 5 heterocycles. The summed E-state index contributed by atoms with van der Waals surface area (Å²) in [6.07, 6.45) is 4.96. The monoisotopic (exact) mass is 834 g/mol. The van der Waals surface area contributed by atoms with Crippen molar-refractivity contribution in [3.63, 3.8) is 0 Å². The van der Waals surface area contributed by atoms with Crippen LogP contribution in [0.25, 0.3) is 5.65 Å². The van der Waals surface area contributed by atoms with E-state index in [4.69, 9.17) is 4.74 Å². The van der Waals surface area contributed by atoms with Gasteiger partial charge < -0.3 is 24.7 Å². The maximum atomic E-state index is 15.6. The molecule has 13 nitrogen and oxygen atoms in total. The van der Waals surface area contributed by atoms with Crippen molar-refractivity contribution in [3.8, 4) is 0 Å². The van der Waals surface area contributed by atoms with Crippen molar-refractivity contribution in [2.45, 2.75) is 35.2 Å². The highest BCUT2D eigenvalue weighted by Gasteiger charge is 2.26. The molecule has 1 saturated heterocycles. The number of rotatable bonds is 14. The molecule has 0 spiro atoms. The van der Waals surface area contributed by atoms with E-state index in [-0.39, 0.29) is 23.3 Å². The molecule has 2 aliphatic rings. The van der Waals surface area contributed by atoms with Crippen LogP contribution >= 0.6 is 11.8 Å². The number of carbonyl (C=O) groups is 2. The van der Waals surface area contributed by atoms with Gasteiger partial charge in [-0.05, 0) is 84.6 Å². The molecule has 0 aliphatic carbocycles. The Hall–Kier alpha value is -5.81. The van der Waals surface area contributed by atoms with Crippen LogP contribution in [0.4, 0.5) is 21.7 Å².